The van der Waals surface area contributed by atoms with E-state index in [1.807, 2.05) is 0 Å². The van der Waals surface area contributed by atoms with E-state index in [0.717, 1.165) is 6.42 Å². The Bertz CT molecular complexity index is 358. The van der Waals surface area contributed by atoms with Gasteiger partial charge in [-0.3, -0.25) is 4.79 Å². The Hall–Kier alpha value is -0.590. The molecule has 2 atom stereocenters. The summed E-state index contributed by atoms with van der Waals surface area (Å²) in [4.78, 5) is 12.1. The van der Waals surface area contributed by atoms with Gasteiger partial charge in [-0.2, -0.15) is 0 Å². The number of hydrogen-bond acceptors (Lipinski definition) is 1. The first kappa shape index (κ1) is 14.5. The monoisotopic (exact) mass is 236 g/mol. The van der Waals surface area contributed by atoms with Crippen LogP contribution in [0.5, 0.6) is 0 Å². The van der Waals surface area contributed by atoms with Crippen LogP contribution in [-0.4, -0.2) is 5.78 Å². The molecule has 1 aliphatic rings. The Kier molecular flexibility index (Phi) is 3.63. The fraction of sp³-hybridized carbons (Fsp3) is 0.812. The van der Waals surface area contributed by atoms with Crippen LogP contribution in [0.2, 0.25) is 0 Å². The van der Waals surface area contributed by atoms with Gasteiger partial charge >= 0.3 is 0 Å². The summed E-state index contributed by atoms with van der Waals surface area (Å²) in [5.74, 6) is 0.965. The van der Waals surface area contributed by atoms with Crippen LogP contribution in [-0.2, 0) is 4.79 Å². The largest absolute Gasteiger partial charge is 0.300 e. The van der Waals surface area contributed by atoms with Crippen molar-refractivity contribution in [3.63, 3.8) is 0 Å². The van der Waals surface area contributed by atoms with E-state index in [-0.39, 0.29) is 16.7 Å². The van der Waals surface area contributed by atoms with E-state index in [1.54, 1.807) is 6.92 Å². The van der Waals surface area contributed by atoms with Gasteiger partial charge in [0.05, 0.1) is 0 Å². The lowest BCUT2D eigenvalue weighted by Gasteiger charge is -2.52. The lowest BCUT2D eigenvalue weighted by Crippen LogP contribution is -2.48. The van der Waals surface area contributed by atoms with Gasteiger partial charge in [-0.25, -0.2) is 0 Å². The third-order valence-electron chi connectivity index (χ3n) is 5.48. The van der Waals surface area contributed by atoms with Crippen LogP contribution in [0.3, 0.4) is 0 Å². The third-order valence-corrected chi connectivity index (χ3v) is 5.48. The summed E-state index contributed by atoms with van der Waals surface area (Å²) in [5.41, 5.74) is 3.04. The molecule has 0 radical (unpaired) electrons. The first-order valence-corrected chi connectivity index (χ1v) is 6.77. The van der Waals surface area contributed by atoms with E-state index in [0.29, 0.717) is 11.7 Å². The van der Waals surface area contributed by atoms with Crippen molar-refractivity contribution in [2.45, 2.75) is 61.8 Å². The van der Waals surface area contributed by atoms with E-state index < -0.39 is 0 Å². The average molecular weight is 236 g/mol. The van der Waals surface area contributed by atoms with Gasteiger partial charge in [0.2, 0.25) is 0 Å². The highest BCUT2D eigenvalue weighted by molar-refractivity contribution is 5.80. The summed E-state index contributed by atoms with van der Waals surface area (Å²) in [7, 11) is 0. The molecule has 0 N–H and O–H groups in total. The number of allylic oxidation sites excluding steroid dienone is 2. The van der Waals surface area contributed by atoms with Crippen LogP contribution < -0.4 is 0 Å². The van der Waals surface area contributed by atoms with Crippen molar-refractivity contribution >= 4 is 5.78 Å². The predicted molar refractivity (Wildman–Crippen MR) is 73.9 cm³/mol. The van der Waals surface area contributed by atoms with Crippen molar-refractivity contribution in [2.75, 3.05) is 0 Å². The molecular formula is C16H28O. The van der Waals surface area contributed by atoms with E-state index in [2.05, 4.69) is 48.5 Å². The van der Waals surface area contributed by atoms with E-state index in [4.69, 9.17) is 0 Å². The second-order valence-corrected chi connectivity index (χ2v) is 6.80. The quantitative estimate of drug-likeness (QED) is 0.639. The number of ketones is 1. The normalized spacial score (nSPS) is 31.5. The Morgan fingerprint density at radius 1 is 1.06 bits per heavy atom. The highest BCUT2D eigenvalue weighted by Gasteiger charge is 2.50. The SMILES string of the molecule is CC[C@H]1C(C(C)=O)C(C)(C)C(C)=C(C)C1(C)C. The van der Waals surface area contributed by atoms with Crippen LogP contribution in [0.15, 0.2) is 11.1 Å². The van der Waals surface area contributed by atoms with E-state index >= 15 is 0 Å². The summed E-state index contributed by atoms with van der Waals surface area (Å²) in [6, 6.07) is 0. The number of carbonyl (C=O) groups is 1. The van der Waals surface area contributed by atoms with Gasteiger partial charge in [0.15, 0.2) is 0 Å². The summed E-state index contributed by atoms with van der Waals surface area (Å²) in [5, 5.41) is 0. The molecule has 98 valence electrons. The predicted octanol–water partition coefficient (Wildman–Crippen LogP) is 4.62. The fourth-order valence-corrected chi connectivity index (χ4v) is 3.93. The maximum atomic E-state index is 12.1. The molecule has 0 aromatic heterocycles. The molecule has 0 saturated carbocycles. The molecule has 1 nitrogen and oxygen atoms in total. The van der Waals surface area contributed by atoms with E-state index in [9.17, 15) is 4.79 Å². The van der Waals surface area contributed by atoms with Crippen molar-refractivity contribution in [3.8, 4) is 0 Å². The van der Waals surface area contributed by atoms with Crippen LogP contribution in [0.1, 0.15) is 61.8 Å². The first-order chi connectivity index (χ1) is 7.58. The molecule has 1 unspecified atom stereocenters. The topological polar surface area (TPSA) is 17.1 Å². The zero-order valence-electron chi connectivity index (χ0n) is 12.8. The molecule has 0 amide bonds. The van der Waals surface area contributed by atoms with Gasteiger partial charge in [-0.1, -0.05) is 52.2 Å². The summed E-state index contributed by atoms with van der Waals surface area (Å²) in [6.45, 7) is 17.5. The van der Waals surface area contributed by atoms with Gasteiger partial charge in [0.25, 0.3) is 0 Å². The molecular weight excluding hydrogens is 208 g/mol. The second kappa shape index (κ2) is 4.26. The lowest BCUT2D eigenvalue weighted by atomic mass is 9.51. The Morgan fingerprint density at radius 2 is 1.47 bits per heavy atom. The van der Waals surface area contributed by atoms with Crippen molar-refractivity contribution in [1.82, 2.24) is 0 Å². The minimum atomic E-state index is 0.00606. The highest BCUT2D eigenvalue weighted by atomic mass is 16.1. The number of Topliss-reactive ketones (excluding diaryl/α,β-unsaturated/α-hetero) is 1. The lowest BCUT2D eigenvalue weighted by molar-refractivity contribution is -0.128. The van der Waals surface area contributed by atoms with Gasteiger partial charge in [0.1, 0.15) is 5.78 Å². The fourth-order valence-electron chi connectivity index (χ4n) is 3.93. The number of rotatable bonds is 2. The smallest absolute Gasteiger partial charge is 0.134 e. The molecule has 1 heteroatoms. The van der Waals surface area contributed by atoms with Crippen molar-refractivity contribution in [3.05, 3.63) is 11.1 Å². The number of hydrogen-bond donors (Lipinski definition) is 0. The standard InChI is InChI=1S/C16H28O/c1-9-13-14(12(4)17)16(7,8)11(3)10(2)15(13,5)6/h13-14H,9H2,1-8H3/t13-,14?/m0/s1. The molecule has 0 saturated heterocycles. The molecule has 0 bridgehead atoms. The third kappa shape index (κ3) is 1.98. The minimum Gasteiger partial charge on any atom is -0.300 e. The van der Waals surface area contributed by atoms with Crippen LogP contribution in [0, 0.1) is 22.7 Å². The molecule has 0 aliphatic heterocycles. The zero-order valence-corrected chi connectivity index (χ0v) is 12.8. The molecule has 1 aliphatic carbocycles. The average Bonchev–Trinajstić information content (AvgIpc) is 2.20. The zero-order chi connectivity index (χ0) is 13.6. The Labute approximate surface area is 107 Å². The Balaban J connectivity index is 3.47. The van der Waals surface area contributed by atoms with Crippen LogP contribution in [0.25, 0.3) is 0 Å². The van der Waals surface area contributed by atoms with Crippen LogP contribution in [0.4, 0.5) is 0 Å². The molecule has 0 fully saturated rings. The molecule has 17 heavy (non-hydrogen) atoms. The van der Waals surface area contributed by atoms with Crippen molar-refractivity contribution < 1.29 is 4.79 Å². The summed E-state index contributed by atoms with van der Waals surface area (Å²) >= 11 is 0. The van der Waals surface area contributed by atoms with E-state index in [1.165, 1.54) is 11.1 Å². The molecule has 0 spiro atoms. The van der Waals surface area contributed by atoms with Crippen molar-refractivity contribution in [1.29, 1.82) is 0 Å². The Morgan fingerprint density at radius 3 is 1.82 bits per heavy atom. The molecule has 1 rings (SSSR count). The van der Waals surface area contributed by atoms with Crippen LogP contribution >= 0.6 is 0 Å². The summed E-state index contributed by atoms with van der Waals surface area (Å²) < 4.78 is 0. The highest BCUT2D eigenvalue weighted by Crippen LogP contribution is 2.56. The van der Waals surface area contributed by atoms with Crippen molar-refractivity contribution in [2.24, 2.45) is 22.7 Å². The minimum absolute atomic E-state index is 0.00606. The molecule has 0 aromatic rings. The maximum Gasteiger partial charge on any atom is 0.134 e. The molecule has 0 heterocycles. The van der Waals surface area contributed by atoms with Gasteiger partial charge < -0.3 is 0 Å². The molecule has 0 aromatic carbocycles. The number of carbonyl (C=O) groups excluding carboxylic acids is 1. The summed E-state index contributed by atoms with van der Waals surface area (Å²) in [6.07, 6.45) is 1.07. The second-order valence-electron chi connectivity index (χ2n) is 6.80. The first-order valence-electron chi connectivity index (χ1n) is 6.77. The van der Waals surface area contributed by atoms with Gasteiger partial charge in [-0.15, -0.1) is 0 Å². The maximum absolute atomic E-state index is 12.1. The van der Waals surface area contributed by atoms with Gasteiger partial charge in [0, 0.05) is 5.92 Å². The van der Waals surface area contributed by atoms with Gasteiger partial charge in [-0.05, 0) is 37.5 Å².